The van der Waals surface area contributed by atoms with E-state index >= 15 is 0 Å². The van der Waals surface area contributed by atoms with Crippen molar-refractivity contribution in [3.63, 3.8) is 0 Å². The Morgan fingerprint density at radius 1 is 0.957 bits per heavy atom. The molecule has 0 aromatic heterocycles. The molecular weight excluding hydrogens is 288 g/mol. The molecule has 0 amide bonds. The van der Waals surface area contributed by atoms with Gasteiger partial charge in [-0.2, -0.15) is 0 Å². The lowest BCUT2D eigenvalue weighted by Crippen LogP contribution is -2.15. The summed E-state index contributed by atoms with van der Waals surface area (Å²) in [5, 5.41) is 3.27. The molecule has 0 aliphatic heterocycles. The van der Waals surface area contributed by atoms with E-state index in [1.165, 1.54) is 0 Å². The van der Waals surface area contributed by atoms with Crippen LogP contribution in [-0.4, -0.2) is 38.7 Å². The second-order valence-corrected chi connectivity index (χ2v) is 5.61. The Bertz CT molecular complexity index is 582. The zero-order valence-electron chi connectivity index (χ0n) is 14.2. The first-order chi connectivity index (χ1) is 11.2. The zero-order valence-corrected chi connectivity index (χ0v) is 14.2. The molecule has 4 heteroatoms. The van der Waals surface area contributed by atoms with Crippen LogP contribution in [0.3, 0.4) is 0 Å². The molecule has 0 saturated heterocycles. The lowest BCUT2D eigenvalue weighted by Gasteiger charge is -2.14. The van der Waals surface area contributed by atoms with Crippen molar-refractivity contribution >= 4 is 5.69 Å². The number of nitrogens with zero attached hydrogens (tertiary/aromatic N) is 1. The minimum absolute atomic E-state index is 0.678. The summed E-state index contributed by atoms with van der Waals surface area (Å²) in [6.45, 7) is 4.67. The van der Waals surface area contributed by atoms with Crippen LogP contribution in [0, 0.1) is 0 Å². The quantitative estimate of drug-likeness (QED) is 0.702. The number of hydrogen-bond acceptors (Lipinski definition) is 4. The van der Waals surface area contributed by atoms with Crippen molar-refractivity contribution in [3.8, 4) is 17.2 Å². The first-order valence-electron chi connectivity index (χ1n) is 8.07. The van der Waals surface area contributed by atoms with Crippen LogP contribution in [-0.2, 0) is 0 Å². The van der Waals surface area contributed by atoms with Crippen molar-refractivity contribution in [3.05, 3.63) is 48.5 Å². The summed E-state index contributed by atoms with van der Waals surface area (Å²) in [6, 6.07) is 15.7. The standard InChI is InChI=1S/C19H26N2O2/c1-4-20-16-10-12-17(13-11-16)23-19-9-6-5-8-18(19)22-15-7-14-21(2)3/h5-6,8-13,20H,4,7,14-15H2,1-3H3. The van der Waals surface area contributed by atoms with E-state index < -0.39 is 0 Å². The van der Waals surface area contributed by atoms with Crippen molar-refractivity contribution in [1.82, 2.24) is 4.90 Å². The van der Waals surface area contributed by atoms with Gasteiger partial charge in [0.15, 0.2) is 11.5 Å². The van der Waals surface area contributed by atoms with E-state index in [0.29, 0.717) is 6.61 Å². The molecule has 0 unspecified atom stereocenters. The van der Waals surface area contributed by atoms with Gasteiger partial charge >= 0.3 is 0 Å². The Morgan fingerprint density at radius 2 is 1.65 bits per heavy atom. The van der Waals surface area contributed by atoms with Gasteiger partial charge in [0.05, 0.1) is 6.61 Å². The van der Waals surface area contributed by atoms with E-state index in [2.05, 4.69) is 31.2 Å². The van der Waals surface area contributed by atoms with Crippen LogP contribution in [0.25, 0.3) is 0 Å². The third-order valence-electron chi connectivity index (χ3n) is 3.32. The fourth-order valence-corrected chi connectivity index (χ4v) is 2.19. The predicted molar refractivity (Wildman–Crippen MR) is 95.8 cm³/mol. The summed E-state index contributed by atoms with van der Waals surface area (Å²) < 4.78 is 11.8. The monoisotopic (exact) mass is 314 g/mol. The van der Waals surface area contributed by atoms with Crippen LogP contribution in [0.5, 0.6) is 17.2 Å². The SMILES string of the molecule is CCNc1ccc(Oc2ccccc2OCCCN(C)C)cc1. The number of para-hydroxylation sites is 2. The van der Waals surface area contributed by atoms with Gasteiger partial charge in [-0.3, -0.25) is 0 Å². The maximum Gasteiger partial charge on any atom is 0.169 e. The molecule has 0 aliphatic rings. The summed E-state index contributed by atoms with van der Waals surface area (Å²) in [7, 11) is 4.13. The molecule has 1 N–H and O–H groups in total. The van der Waals surface area contributed by atoms with Crippen LogP contribution in [0.1, 0.15) is 13.3 Å². The molecule has 0 radical (unpaired) electrons. The van der Waals surface area contributed by atoms with Gasteiger partial charge in [0.2, 0.25) is 0 Å². The van der Waals surface area contributed by atoms with Crippen molar-refractivity contribution in [2.75, 3.05) is 39.1 Å². The summed E-state index contributed by atoms with van der Waals surface area (Å²) in [5.74, 6) is 2.33. The molecule has 0 aliphatic carbocycles. The van der Waals surface area contributed by atoms with Crippen LogP contribution >= 0.6 is 0 Å². The Morgan fingerprint density at radius 3 is 2.30 bits per heavy atom. The van der Waals surface area contributed by atoms with Crippen molar-refractivity contribution in [1.29, 1.82) is 0 Å². The molecule has 0 bridgehead atoms. The molecule has 0 atom stereocenters. The van der Waals surface area contributed by atoms with Crippen LogP contribution in [0.15, 0.2) is 48.5 Å². The molecule has 2 rings (SSSR count). The molecule has 0 spiro atoms. The second-order valence-electron chi connectivity index (χ2n) is 5.61. The normalized spacial score (nSPS) is 10.6. The van der Waals surface area contributed by atoms with Gasteiger partial charge in [-0.05, 0) is 63.8 Å². The lowest BCUT2D eigenvalue weighted by molar-refractivity contribution is 0.272. The number of nitrogens with one attached hydrogen (secondary N) is 1. The maximum atomic E-state index is 5.96. The first-order valence-corrected chi connectivity index (χ1v) is 8.07. The van der Waals surface area contributed by atoms with Crippen molar-refractivity contribution in [2.45, 2.75) is 13.3 Å². The minimum atomic E-state index is 0.678. The molecule has 0 heterocycles. The molecular formula is C19H26N2O2. The molecule has 0 saturated carbocycles. The third kappa shape index (κ3) is 5.83. The number of hydrogen-bond donors (Lipinski definition) is 1. The highest BCUT2D eigenvalue weighted by molar-refractivity contribution is 5.48. The summed E-state index contributed by atoms with van der Waals surface area (Å²) in [5.41, 5.74) is 1.09. The van der Waals surface area contributed by atoms with E-state index in [4.69, 9.17) is 9.47 Å². The summed E-state index contributed by atoms with van der Waals surface area (Å²) in [4.78, 5) is 2.15. The third-order valence-corrected chi connectivity index (χ3v) is 3.32. The van der Waals surface area contributed by atoms with Gasteiger partial charge in [-0.25, -0.2) is 0 Å². The van der Waals surface area contributed by atoms with E-state index in [1.54, 1.807) is 0 Å². The van der Waals surface area contributed by atoms with Gasteiger partial charge in [0, 0.05) is 18.8 Å². The van der Waals surface area contributed by atoms with Crippen LogP contribution in [0.2, 0.25) is 0 Å². The topological polar surface area (TPSA) is 33.7 Å². The average Bonchev–Trinajstić information content (AvgIpc) is 2.55. The Labute approximate surface area is 139 Å². The minimum Gasteiger partial charge on any atom is -0.490 e. The molecule has 2 aromatic carbocycles. The molecule has 4 nitrogen and oxygen atoms in total. The second kappa shape index (κ2) is 9.06. The Hall–Kier alpha value is -2.20. The summed E-state index contributed by atoms with van der Waals surface area (Å²) >= 11 is 0. The molecule has 0 fully saturated rings. The maximum absolute atomic E-state index is 5.96. The Balaban J connectivity index is 1.96. The number of rotatable bonds is 9. The summed E-state index contributed by atoms with van der Waals surface area (Å²) in [6.07, 6.45) is 0.985. The first kappa shape index (κ1) is 17.2. The van der Waals surface area contributed by atoms with E-state index in [9.17, 15) is 0 Å². The number of benzene rings is 2. The van der Waals surface area contributed by atoms with Crippen LogP contribution < -0.4 is 14.8 Å². The molecule has 23 heavy (non-hydrogen) atoms. The average molecular weight is 314 g/mol. The molecule has 124 valence electrons. The van der Waals surface area contributed by atoms with Gasteiger partial charge in [0.25, 0.3) is 0 Å². The molecule has 2 aromatic rings. The fourth-order valence-electron chi connectivity index (χ4n) is 2.19. The lowest BCUT2D eigenvalue weighted by atomic mass is 10.3. The smallest absolute Gasteiger partial charge is 0.169 e. The highest BCUT2D eigenvalue weighted by Gasteiger charge is 2.06. The Kier molecular flexibility index (Phi) is 6.76. The van der Waals surface area contributed by atoms with Crippen molar-refractivity contribution < 1.29 is 9.47 Å². The van der Waals surface area contributed by atoms with Gasteiger partial charge in [0.1, 0.15) is 5.75 Å². The highest BCUT2D eigenvalue weighted by Crippen LogP contribution is 2.31. The van der Waals surface area contributed by atoms with E-state index in [0.717, 1.165) is 42.4 Å². The fraction of sp³-hybridized carbons (Fsp3) is 0.368. The van der Waals surface area contributed by atoms with E-state index in [-0.39, 0.29) is 0 Å². The van der Waals surface area contributed by atoms with Gasteiger partial charge in [-0.15, -0.1) is 0 Å². The predicted octanol–water partition coefficient (Wildman–Crippen LogP) is 4.24. The number of anilines is 1. The largest absolute Gasteiger partial charge is 0.490 e. The van der Waals surface area contributed by atoms with E-state index in [1.807, 2.05) is 48.5 Å². The number of ether oxygens (including phenoxy) is 2. The van der Waals surface area contributed by atoms with Crippen LogP contribution in [0.4, 0.5) is 5.69 Å². The van der Waals surface area contributed by atoms with Gasteiger partial charge in [-0.1, -0.05) is 12.1 Å². The van der Waals surface area contributed by atoms with Gasteiger partial charge < -0.3 is 19.7 Å². The van der Waals surface area contributed by atoms with Crippen molar-refractivity contribution in [2.24, 2.45) is 0 Å². The highest BCUT2D eigenvalue weighted by atomic mass is 16.5. The zero-order chi connectivity index (χ0) is 16.5.